The summed E-state index contributed by atoms with van der Waals surface area (Å²) in [5.41, 5.74) is 8.97. The van der Waals surface area contributed by atoms with Crippen LogP contribution in [0.2, 0.25) is 0 Å². The second-order valence-electron chi connectivity index (χ2n) is 12.8. The van der Waals surface area contributed by atoms with E-state index in [2.05, 4.69) is 75.7 Å². The van der Waals surface area contributed by atoms with Crippen molar-refractivity contribution in [1.29, 1.82) is 0 Å². The monoisotopic (exact) mass is 603 g/mol. The number of benzene rings is 4. The highest BCUT2D eigenvalue weighted by atomic mass is 16.2. The standard InChI is InChI=1S/C39H45N3O3/c1-22(2)28-10-13-34(25(7)16-28)40-37(43)31-19-32(38(44)41-35-14-11-29(23(3)4)17-26(35)8)21-33(20-31)39(45)42-36-15-12-30(24(5)6)18-27(36)9/h10-24H,1-9H3,(H,40,43)(H,41,44)(H,42,45). The van der Waals surface area contributed by atoms with E-state index in [9.17, 15) is 14.4 Å². The van der Waals surface area contributed by atoms with E-state index in [1.165, 1.54) is 34.9 Å². The van der Waals surface area contributed by atoms with E-state index in [0.717, 1.165) is 16.7 Å². The molecule has 0 fully saturated rings. The van der Waals surface area contributed by atoms with Crippen LogP contribution < -0.4 is 16.0 Å². The normalized spacial score (nSPS) is 11.2. The van der Waals surface area contributed by atoms with Gasteiger partial charge < -0.3 is 16.0 Å². The molecule has 0 saturated heterocycles. The van der Waals surface area contributed by atoms with E-state index in [1.807, 2.05) is 57.2 Å². The number of aryl methyl sites for hydroxylation is 3. The lowest BCUT2D eigenvalue weighted by Crippen LogP contribution is -2.20. The highest BCUT2D eigenvalue weighted by molar-refractivity contribution is 6.13. The molecule has 0 bridgehead atoms. The van der Waals surface area contributed by atoms with Crippen molar-refractivity contribution < 1.29 is 14.4 Å². The van der Waals surface area contributed by atoms with Crippen molar-refractivity contribution in [2.75, 3.05) is 16.0 Å². The summed E-state index contributed by atoms with van der Waals surface area (Å²) in [5.74, 6) is -0.141. The number of rotatable bonds is 9. The Morgan fingerprint density at radius 2 is 0.667 bits per heavy atom. The molecule has 6 heteroatoms. The molecule has 0 atom stereocenters. The van der Waals surface area contributed by atoms with Crippen molar-refractivity contribution in [3.63, 3.8) is 0 Å². The van der Waals surface area contributed by atoms with E-state index >= 15 is 0 Å². The molecule has 0 aliphatic heterocycles. The van der Waals surface area contributed by atoms with Gasteiger partial charge in [-0.05, 0) is 108 Å². The van der Waals surface area contributed by atoms with Crippen molar-refractivity contribution in [3.05, 3.63) is 123 Å². The van der Waals surface area contributed by atoms with Crippen LogP contribution in [0.1, 0.15) is 124 Å². The van der Waals surface area contributed by atoms with Gasteiger partial charge >= 0.3 is 0 Å². The van der Waals surface area contributed by atoms with Crippen LogP contribution in [-0.2, 0) is 0 Å². The van der Waals surface area contributed by atoms with E-state index in [0.29, 0.717) is 34.8 Å². The van der Waals surface area contributed by atoms with E-state index < -0.39 is 17.7 Å². The molecule has 6 nitrogen and oxygen atoms in total. The maximum Gasteiger partial charge on any atom is 0.255 e. The van der Waals surface area contributed by atoms with Gasteiger partial charge in [0.25, 0.3) is 17.7 Å². The van der Waals surface area contributed by atoms with E-state index in [1.54, 1.807) is 0 Å². The molecule has 0 aliphatic carbocycles. The zero-order valence-electron chi connectivity index (χ0n) is 27.9. The van der Waals surface area contributed by atoms with Gasteiger partial charge in [0.1, 0.15) is 0 Å². The molecular weight excluding hydrogens is 558 g/mol. The Morgan fingerprint density at radius 1 is 0.422 bits per heavy atom. The zero-order valence-corrected chi connectivity index (χ0v) is 27.9. The SMILES string of the molecule is Cc1cc(C(C)C)ccc1NC(=O)c1cc(C(=O)Nc2ccc(C(C)C)cc2C)cc(C(=O)Nc2ccc(C(C)C)cc2C)c1. The van der Waals surface area contributed by atoms with Crippen molar-refractivity contribution >= 4 is 34.8 Å². The maximum absolute atomic E-state index is 13.6. The predicted molar refractivity (Wildman–Crippen MR) is 186 cm³/mol. The number of amides is 3. The molecule has 0 unspecified atom stereocenters. The summed E-state index contributed by atoms with van der Waals surface area (Å²) in [6.07, 6.45) is 0. The number of carbonyl (C=O) groups is 3. The van der Waals surface area contributed by atoms with Gasteiger partial charge in [0, 0.05) is 33.8 Å². The molecule has 3 N–H and O–H groups in total. The van der Waals surface area contributed by atoms with Crippen LogP contribution in [0.3, 0.4) is 0 Å². The molecular formula is C39H45N3O3. The van der Waals surface area contributed by atoms with Crippen LogP contribution in [0.4, 0.5) is 17.1 Å². The maximum atomic E-state index is 13.6. The molecule has 4 aromatic carbocycles. The highest BCUT2D eigenvalue weighted by Crippen LogP contribution is 2.26. The quantitative estimate of drug-likeness (QED) is 0.178. The molecule has 0 aliphatic rings. The smallest absolute Gasteiger partial charge is 0.255 e. The summed E-state index contributed by atoms with van der Waals surface area (Å²) >= 11 is 0. The predicted octanol–water partition coefficient (Wildman–Crippen LogP) is 9.74. The zero-order chi connectivity index (χ0) is 33.0. The molecule has 4 rings (SSSR count). The molecule has 0 saturated carbocycles. The van der Waals surface area contributed by atoms with Gasteiger partial charge in [0.05, 0.1) is 0 Å². The van der Waals surface area contributed by atoms with Gasteiger partial charge in [-0.25, -0.2) is 0 Å². The summed E-state index contributed by atoms with van der Waals surface area (Å²) in [5, 5.41) is 8.92. The first-order valence-electron chi connectivity index (χ1n) is 15.6. The summed E-state index contributed by atoms with van der Waals surface area (Å²) in [7, 11) is 0. The number of nitrogens with one attached hydrogen (secondary N) is 3. The van der Waals surface area contributed by atoms with Gasteiger partial charge in [-0.15, -0.1) is 0 Å². The first-order valence-corrected chi connectivity index (χ1v) is 15.6. The van der Waals surface area contributed by atoms with Gasteiger partial charge in [0.15, 0.2) is 0 Å². The third-order valence-electron chi connectivity index (χ3n) is 8.22. The summed E-state index contributed by atoms with van der Waals surface area (Å²) < 4.78 is 0. The number of anilines is 3. The Hall–Kier alpha value is -4.71. The van der Waals surface area contributed by atoms with Crippen LogP contribution in [0.5, 0.6) is 0 Å². The average molecular weight is 604 g/mol. The summed E-state index contributed by atoms with van der Waals surface area (Å²) in [6.45, 7) is 18.6. The fourth-order valence-electron chi connectivity index (χ4n) is 5.16. The summed E-state index contributed by atoms with van der Waals surface area (Å²) in [4.78, 5) is 40.8. The lowest BCUT2D eigenvalue weighted by Gasteiger charge is -2.15. The lowest BCUT2D eigenvalue weighted by atomic mass is 9.99. The number of hydrogen-bond acceptors (Lipinski definition) is 3. The van der Waals surface area contributed by atoms with Crippen LogP contribution in [0, 0.1) is 20.8 Å². The molecule has 3 amide bonds. The van der Waals surface area contributed by atoms with Crippen molar-refractivity contribution in [2.24, 2.45) is 0 Å². The van der Waals surface area contributed by atoms with Crippen LogP contribution in [0.25, 0.3) is 0 Å². The summed E-state index contributed by atoms with van der Waals surface area (Å²) in [6, 6.07) is 22.4. The Labute approximate surface area is 267 Å². The lowest BCUT2D eigenvalue weighted by molar-refractivity contribution is 0.102. The third kappa shape index (κ3) is 8.07. The van der Waals surface area contributed by atoms with E-state index in [4.69, 9.17) is 0 Å². The fraction of sp³-hybridized carbons (Fsp3) is 0.308. The molecule has 0 radical (unpaired) electrons. The van der Waals surface area contributed by atoms with Crippen molar-refractivity contribution in [2.45, 2.75) is 80.1 Å². The molecule has 0 heterocycles. The van der Waals surface area contributed by atoms with Gasteiger partial charge in [-0.1, -0.05) is 77.9 Å². The molecule has 45 heavy (non-hydrogen) atoms. The minimum atomic E-state index is -0.408. The first-order chi connectivity index (χ1) is 21.2. The largest absolute Gasteiger partial charge is 0.322 e. The number of carbonyl (C=O) groups excluding carboxylic acids is 3. The Balaban J connectivity index is 1.68. The molecule has 0 spiro atoms. The second-order valence-corrected chi connectivity index (χ2v) is 12.8. The minimum Gasteiger partial charge on any atom is -0.322 e. The topological polar surface area (TPSA) is 87.3 Å². The van der Waals surface area contributed by atoms with Crippen LogP contribution >= 0.6 is 0 Å². The second kappa shape index (κ2) is 13.9. The molecule has 234 valence electrons. The van der Waals surface area contributed by atoms with Crippen LogP contribution in [0.15, 0.2) is 72.8 Å². The minimum absolute atomic E-state index is 0.207. The van der Waals surface area contributed by atoms with Crippen molar-refractivity contribution in [3.8, 4) is 0 Å². The Bertz CT molecular complexity index is 1540. The van der Waals surface area contributed by atoms with Crippen LogP contribution in [-0.4, -0.2) is 17.7 Å². The first kappa shape index (κ1) is 33.2. The van der Waals surface area contributed by atoms with E-state index in [-0.39, 0.29) is 16.7 Å². The highest BCUT2D eigenvalue weighted by Gasteiger charge is 2.19. The van der Waals surface area contributed by atoms with Gasteiger partial charge in [0.2, 0.25) is 0 Å². The Morgan fingerprint density at radius 3 is 0.867 bits per heavy atom. The van der Waals surface area contributed by atoms with Gasteiger partial charge in [-0.3, -0.25) is 14.4 Å². The molecule has 0 aromatic heterocycles. The van der Waals surface area contributed by atoms with Crippen molar-refractivity contribution in [1.82, 2.24) is 0 Å². The molecule has 4 aromatic rings. The third-order valence-corrected chi connectivity index (χ3v) is 8.22. The fourth-order valence-corrected chi connectivity index (χ4v) is 5.16. The van der Waals surface area contributed by atoms with Gasteiger partial charge in [-0.2, -0.15) is 0 Å². The average Bonchev–Trinajstić information content (AvgIpc) is 2.99. The Kier molecular flexibility index (Phi) is 10.3. The number of hydrogen-bond donors (Lipinski definition) is 3.